The molecule has 64 valence electrons. The zero-order valence-corrected chi connectivity index (χ0v) is 7.52. The minimum absolute atomic E-state index is 0.773. The van der Waals surface area contributed by atoms with Crippen LogP contribution in [-0.2, 0) is 0 Å². The van der Waals surface area contributed by atoms with E-state index in [2.05, 4.69) is 17.3 Å². The molecule has 0 aromatic rings. The Bertz CT molecular complexity index is 140. The van der Waals surface area contributed by atoms with E-state index in [0.29, 0.717) is 0 Å². The molecule has 0 aliphatic heterocycles. The van der Waals surface area contributed by atoms with Gasteiger partial charge in [-0.25, -0.2) is 5.43 Å². The van der Waals surface area contributed by atoms with Crippen molar-refractivity contribution in [2.45, 2.75) is 6.92 Å². The van der Waals surface area contributed by atoms with Crippen LogP contribution < -0.4 is 10.7 Å². The summed E-state index contributed by atoms with van der Waals surface area (Å²) in [5.41, 5.74) is 3.12. The van der Waals surface area contributed by atoms with Crippen LogP contribution in [0.5, 0.6) is 0 Å². The predicted molar refractivity (Wildman–Crippen MR) is 48.8 cm³/mol. The predicted octanol–water partition coefficient (Wildman–Crippen LogP) is 0.690. The average Bonchev–Trinajstić information content (AvgIpc) is 2.03. The maximum atomic E-state index is 3.61. The Morgan fingerprint density at radius 3 is 2.64 bits per heavy atom. The Kier molecular flexibility index (Phi) is 5.29. The van der Waals surface area contributed by atoms with E-state index < -0.39 is 0 Å². The second-order valence-corrected chi connectivity index (χ2v) is 2.13. The van der Waals surface area contributed by atoms with Crippen molar-refractivity contribution in [1.29, 1.82) is 0 Å². The first-order chi connectivity index (χ1) is 5.26. The molecule has 0 aliphatic carbocycles. The summed E-state index contributed by atoms with van der Waals surface area (Å²) in [6.07, 6.45) is 3.82. The minimum Gasteiger partial charge on any atom is -0.374 e. The highest BCUT2D eigenvalue weighted by Crippen LogP contribution is 1.89. The fourth-order valence-corrected chi connectivity index (χ4v) is 0.792. The quantitative estimate of drug-likeness (QED) is 0.452. The Hall–Kier alpha value is -0.960. The molecule has 3 nitrogen and oxygen atoms in total. The van der Waals surface area contributed by atoms with Crippen molar-refractivity contribution in [3.8, 4) is 0 Å². The van der Waals surface area contributed by atoms with Gasteiger partial charge in [0.15, 0.2) is 0 Å². The molecule has 0 aromatic heterocycles. The van der Waals surface area contributed by atoms with Gasteiger partial charge >= 0.3 is 0 Å². The molecule has 0 saturated carbocycles. The summed E-state index contributed by atoms with van der Waals surface area (Å²) in [7, 11) is 3.84. The summed E-state index contributed by atoms with van der Waals surface area (Å²) in [4.78, 5) is 0. The number of nitrogens with zero attached hydrogens (tertiary/aromatic N) is 1. The SMILES string of the molecule is C=CCNN(C)/C(=C\C)NC. The second kappa shape index (κ2) is 5.80. The molecule has 0 aromatic carbocycles. The maximum Gasteiger partial charge on any atom is 0.111 e. The average molecular weight is 155 g/mol. The van der Waals surface area contributed by atoms with Crippen LogP contribution in [0.2, 0.25) is 0 Å². The summed E-state index contributed by atoms with van der Waals surface area (Å²) < 4.78 is 0. The third kappa shape index (κ3) is 3.68. The molecule has 0 radical (unpaired) electrons. The fraction of sp³-hybridized carbons (Fsp3) is 0.500. The number of hydrogen-bond donors (Lipinski definition) is 2. The monoisotopic (exact) mass is 155 g/mol. The van der Waals surface area contributed by atoms with Crippen molar-refractivity contribution in [3.05, 3.63) is 24.6 Å². The van der Waals surface area contributed by atoms with Crippen LogP contribution in [0.15, 0.2) is 24.6 Å². The van der Waals surface area contributed by atoms with Gasteiger partial charge in [0.25, 0.3) is 0 Å². The molecule has 0 unspecified atom stereocenters. The van der Waals surface area contributed by atoms with E-state index in [4.69, 9.17) is 0 Å². The van der Waals surface area contributed by atoms with Crippen LogP contribution >= 0.6 is 0 Å². The van der Waals surface area contributed by atoms with Crippen LogP contribution in [0.3, 0.4) is 0 Å². The zero-order chi connectivity index (χ0) is 8.69. The Morgan fingerprint density at radius 1 is 1.64 bits per heavy atom. The van der Waals surface area contributed by atoms with Gasteiger partial charge in [0.1, 0.15) is 5.82 Å². The van der Waals surface area contributed by atoms with Gasteiger partial charge in [-0.05, 0) is 13.0 Å². The molecule has 2 N–H and O–H groups in total. The van der Waals surface area contributed by atoms with Gasteiger partial charge in [0.2, 0.25) is 0 Å². The number of allylic oxidation sites excluding steroid dienone is 1. The van der Waals surface area contributed by atoms with Crippen molar-refractivity contribution in [3.63, 3.8) is 0 Å². The Labute approximate surface area is 68.7 Å². The van der Waals surface area contributed by atoms with Crippen LogP contribution in [0, 0.1) is 0 Å². The van der Waals surface area contributed by atoms with Crippen molar-refractivity contribution in [1.82, 2.24) is 15.8 Å². The first kappa shape index (κ1) is 10.0. The molecule has 0 saturated heterocycles. The third-order valence-corrected chi connectivity index (χ3v) is 1.36. The van der Waals surface area contributed by atoms with E-state index in [9.17, 15) is 0 Å². The molecule has 0 atom stereocenters. The van der Waals surface area contributed by atoms with E-state index in [1.807, 2.05) is 38.2 Å². The van der Waals surface area contributed by atoms with E-state index in [1.54, 1.807) is 0 Å². The molecule has 0 rings (SSSR count). The van der Waals surface area contributed by atoms with Crippen molar-refractivity contribution in [2.24, 2.45) is 0 Å². The highest BCUT2D eigenvalue weighted by molar-refractivity contribution is 4.93. The van der Waals surface area contributed by atoms with Gasteiger partial charge in [-0.1, -0.05) is 6.08 Å². The lowest BCUT2D eigenvalue weighted by atomic mass is 10.6. The topological polar surface area (TPSA) is 27.3 Å². The lowest BCUT2D eigenvalue weighted by molar-refractivity contribution is 0.297. The number of nitrogens with one attached hydrogen (secondary N) is 2. The normalized spacial score (nSPS) is 11.0. The van der Waals surface area contributed by atoms with Crippen LogP contribution in [-0.4, -0.2) is 25.6 Å². The Balaban J connectivity index is 3.79. The summed E-state index contributed by atoms with van der Waals surface area (Å²) in [5, 5.41) is 4.97. The molecule has 0 heterocycles. The molecule has 0 spiro atoms. The van der Waals surface area contributed by atoms with Crippen LogP contribution in [0.1, 0.15) is 6.92 Å². The van der Waals surface area contributed by atoms with E-state index >= 15 is 0 Å². The molecule has 0 fully saturated rings. The highest BCUT2D eigenvalue weighted by Gasteiger charge is 1.96. The van der Waals surface area contributed by atoms with Crippen LogP contribution in [0.4, 0.5) is 0 Å². The molecule has 11 heavy (non-hydrogen) atoms. The second-order valence-electron chi connectivity index (χ2n) is 2.13. The third-order valence-electron chi connectivity index (χ3n) is 1.36. The first-order valence-electron chi connectivity index (χ1n) is 3.68. The van der Waals surface area contributed by atoms with E-state index in [0.717, 1.165) is 12.4 Å². The van der Waals surface area contributed by atoms with Gasteiger partial charge in [-0.3, -0.25) is 5.01 Å². The lowest BCUT2D eigenvalue weighted by Gasteiger charge is -2.21. The van der Waals surface area contributed by atoms with Gasteiger partial charge in [-0.15, -0.1) is 6.58 Å². The summed E-state index contributed by atoms with van der Waals surface area (Å²) in [5.74, 6) is 1.05. The molecule has 0 amide bonds. The van der Waals surface area contributed by atoms with Crippen molar-refractivity contribution in [2.75, 3.05) is 20.6 Å². The molecule has 3 heteroatoms. The molecule has 0 aliphatic rings. The van der Waals surface area contributed by atoms with Crippen LogP contribution in [0.25, 0.3) is 0 Å². The Morgan fingerprint density at radius 2 is 2.27 bits per heavy atom. The summed E-state index contributed by atoms with van der Waals surface area (Å²) >= 11 is 0. The largest absolute Gasteiger partial charge is 0.374 e. The molecular weight excluding hydrogens is 138 g/mol. The lowest BCUT2D eigenvalue weighted by Crippen LogP contribution is -2.37. The zero-order valence-electron chi connectivity index (χ0n) is 7.52. The number of rotatable bonds is 5. The van der Waals surface area contributed by atoms with Gasteiger partial charge in [-0.2, -0.15) is 0 Å². The van der Waals surface area contributed by atoms with Crippen molar-refractivity contribution < 1.29 is 0 Å². The minimum atomic E-state index is 0.773. The van der Waals surface area contributed by atoms with Gasteiger partial charge in [0.05, 0.1) is 0 Å². The first-order valence-corrected chi connectivity index (χ1v) is 3.68. The summed E-state index contributed by atoms with van der Waals surface area (Å²) in [6.45, 7) is 6.37. The smallest absolute Gasteiger partial charge is 0.111 e. The van der Waals surface area contributed by atoms with Gasteiger partial charge < -0.3 is 5.32 Å². The number of hydrazine groups is 1. The van der Waals surface area contributed by atoms with E-state index in [1.165, 1.54) is 0 Å². The van der Waals surface area contributed by atoms with Gasteiger partial charge in [0, 0.05) is 20.6 Å². The standard InChI is InChI=1S/C8H17N3/c1-5-7-10-11(4)8(6-2)9-3/h5-6,9-10H,1,7H2,2-4H3/b8-6-. The van der Waals surface area contributed by atoms with Crippen molar-refractivity contribution >= 4 is 0 Å². The number of hydrogen-bond acceptors (Lipinski definition) is 3. The summed E-state index contributed by atoms with van der Waals surface area (Å²) in [6, 6.07) is 0. The maximum absolute atomic E-state index is 3.61. The highest BCUT2D eigenvalue weighted by atomic mass is 15.5. The molecule has 0 bridgehead atoms. The van der Waals surface area contributed by atoms with E-state index in [-0.39, 0.29) is 0 Å². The molecular formula is C8H17N3. The fourth-order valence-electron chi connectivity index (χ4n) is 0.792.